The number of hydrogen-bond donors (Lipinski definition) is 1. The Balaban J connectivity index is 2.44. The molecular weight excluding hydrogens is 334 g/mol. The van der Waals surface area contributed by atoms with Crippen LogP contribution in [0.4, 0.5) is 13.2 Å². The van der Waals surface area contributed by atoms with E-state index in [1.165, 1.54) is 12.1 Å². The number of hydrogen-bond acceptors (Lipinski definition) is 3. The molecule has 1 aromatic carbocycles. The standard InChI is InChI=1S/C17H23BF3NO3/c1-10(2)22-14(23)12-9-11(7-8-13(12)17(19,20)21)18-24-15(3,4)16(5,6)25-18/h7-10H,1-6H3,(H,22,23). The third kappa shape index (κ3) is 4.01. The normalized spacial score (nSPS) is 19.4. The van der Waals surface area contributed by atoms with Crippen molar-refractivity contribution in [1.29, 1.82) is 0 Å². The van der Waals surface area contributed by atoms with E-state index in [9.17, 15) is 18.0 Å². The number of halogens is 3. The molecule has 4 nitrogen and oxygen atoms in total. The SMILES string of the molecule is CC(C)NC(=O)c1cc(B2OC(C)(C)C(C)(C)O2)ccc1C(F)(F)F. The fraction of sp³-hybridized carbons (Fsp3) is 0.588. The topological polar surface area (TPSA) is 47.6 Å². The highest BCUT2D eigenvalue weighted by molar-refractivity contribution is 6.62. The van der Waals surface area contributed by atoms with Crippen LogP contribution >= 0.6 is 0 Å². The van der Waals surface area contributed by atoms with Gasteiger partial charge in [-0.25, -0.2) is 0 Å². The summed E-state index contributed by atoms with van der Waals surface area (Å²) in [4.78, 5) is 12.3. The number of carbonyl (C=O) groups is 1. The number of alkyl halides is 3. The lowest BCUT2D eigenvalue weighted by Gasteiger charge is -2.32. The monoisotopic (exact) mass is 357 g/mol. The number of rotatable bonds is 3. The number of amides is 1. The van der Waals surface area contributed by atoms with Crippen LogP contribution in [0.15, 0.2) is 18.2 Å². The van der Waals surface area contributed by atoms with E-state index in [4.69, 9.17) is 9.31 Å². The highest BCUT2D eigenvalue weighted by Crippen LogP contribution is 2.37. The summed E-state index contributed by atoms with van der Waals surface area (Å²) in [6, 6.07) is 3.10. The highest BCUT2D eigenvalue weighted by atomic mass is 19.4. The third-order valence-corrected chi connectivity index (χ3v) is 4.54. The first kappa shape index (κ1) is 19.8. The predicted octanol–water partition coefficient (Wildman–Crippen LogP) is 3.14. The Morgan fingerprint density at radius 3 is 2.08 bits per heavy atom. The molecule has 1 N–H and O–H groups in total. The quantitative estimate of drug-likeness (QED) is 0.846. The van der Waals surface area contributed by atoms with Crippen molar-refractivity contribution in [3.05, 3.63) is 29.3 Å². The van der Waals surface area contributed by atoms with E-state index in [-0.39, 0.29) is 6.04 Å². The molecule has 1 aliphatic heterocycles. The first-order chi connectivity index (χ1) is 11.2. The van der Waals surface area contributed by atoms with Gasteiger partial charge in [0.15, 0.2) is 0 Å². The average molecular weight is 357 g/mol. The maximum Gasteiger partial charge on any atom is 0.494 e. The molecular formula is C17H23BF3NO3. The van der Waals surface area contributed by atoms with Crippen LogP contribution in [0, 0.1) is 0 Å². The van der Waals surface area contributed by atoms with Crippen LogP contribution in [0.2, 0.25) is 0 Å². The minimum Gasteiger partial charge on any atom is -0.399 e. The molecule has 1 heterocycles. The molecule has 0 aromatic heterocycles. The Morgan fingerprint density at radius 2 is 1.64 bits per heavy atom. The van der Waals surface area contributed by atoms with Crippen molar-refractivity contribution in [1.82, 2.24) is 5.32 Å². The van der Waals surface area contributed by atoms with Crippen LogP contribution < -0.4 is 10.8 Å². The second-order valence-electron chi connectivity index (χ2n) is 7.52. The van der Waals surface area contributed by atoms with Gasteiger partial charge in [-0.05, 0) is 59.1 Å². The van der Waals surface area contributed by atoms with E-state index < -0.39 is 41.5 Å². The van der Waals surface area contributed by atoms with Gasteiger partial charge >= 0.3 is 13.3 Å². The molecule has 2 rings (SSSR count). The summed E-state index contributed by atoms with van der Waals surface area (Å²) in [6.07, 6.45) is -4.63. The van der Waals surface area contributed by atoms with E-state index in [1.54, 1.807) is 13.8 Å². The Labute approximate surface area is 146 Å². The lowest BCUT2D eigenvalue weighted by molar-refractivity contribution is -0.137. The van der Waals surface area contributed by atoms with Crippen LogP contribution in [0.3, 0.4) is 0 Å². The molecule has 0 bridgehead atoms. The molecule has 0 radical (unpaired) electrons. The zero-order chi connectivity index (χ0) is 19.2. The van der Waals surface area contributed by atoms with Crippen molar-refractivity contribution >= 4 is 18.5 Å². The van der Waals surface area contributed by atoms with Crippen LogP contribution in [0.5, 0.6) is 0 Å². The lowest BCUT2D eigenvalue weighted by Crippen LogP contribution is -2.41. The Morgan fingerprint density at radius 1 is 1.12 bits per heavy atom. The lowest BCUT2D eigenvalue weighted by atomic mass is 9.77. The minimum absolute atomic E-state index is 0.283. The van der Waals surface area contributed by atoms with Gasteiger partial charge in [-0.2, -0.15) is 13.2 Å². The predicted molar refractivity (Wildman–Crippen MR) is 89.8 cm³/mol. The fourth-order valence-electron chi connectivity index (χ4n) is 2.46. The van der Waals surface area contributed by atoms with E-state index in [2.05, 4.69) is 5.32 Å². The second kappa shape index (κ2) is 6.32. The number of carbonyl (C=O) groups excluding carboxylic acids is 1. The number of nitrogens with one attached hydrogen (secondary N) is 1. The van der Waals surface area contributed by atoms with Gasteiger partial charge in [-0.15, -0.1) is 0 Å². The van der Waals surface area contributed by atoms with Crippen molar-refractivity contribution in [2.75, 3.05) is 0 Å². The highest BCUT2D eigenvalue weighted by Gasteiger charge is 2.52. The van der Waals surface area contributed by atoms with Crippen molar-refractivity contribution in [2.24, 2.45) is 0 Å². The Hall–Kier alpha value is -1.54. The summed E-state index contributed by atoms with van der Waals surface area (Å²) in [5.74, 6) is -0.777. The maximum absolute atomic E-state index is 13.3. The van der Waals surface area contributed by atoms with Crippen molar-refractivity contribution in [2.45, 2.75) is 65.0 Å². The van der Waals surface area contributed by atoms with Gasteiger partial charge in [0, 0.05) is 6.04 Å². The molecule has 0 atom stereocenters. The summed E-state index contributed by atoms with van der Waals surface area (Å²) >= 11 is 0. The average Bonchev–Trinajstić information content (AvgIpc) is 2.65. The maximum atomic E-state index is 13.3. The van der Waals surface area contributed by atoms with Gasteiger partial charge in [0.2, 0.25) is 0 Å². The van der Waals surface area contributed by atoms with Gasteiger partial charge in [-0.3, -0.25) is 4.79 Å². The van der Waals surface area contributed by atoms with Gasteiger partial charge < -0.3 is 14.6 Å². The summed E-state index contributed by atoms with van der Waals surface area (Å²) in [7, 11) is -0.835. The van der Waals surface area contributed by atoms with Gasteiger partial charge in [0.25, 0.3) is 5.91 Å². The Bertz CT molecular complexity index is 656. The minimum atomic E-state index is -4.63. The smallest absolute Gasteiger partial charge is 0.399 e. The first-order valence-corrected chi connectivity index (χ1v) is 8.12. The van der Waals surface area contributed by atoms with Crippen LogP contribution in [0.25, 0.3) is 0 Å². The largest absolute Gasteiger partial charge is 0.494 e. The molecule has 1 aromatic rings. The molecule has 138 valence electrons. The van der Waals surface area contributed by atoms with Crippen LogP contribution in [-0.2, 0) is 15.5 Å². The molecule has 8 heteroatoms. The first-order valence-electron chi connectivity index (χ1n) is 8.12. The molecule has 1 aliphatic rings. The van der Waals surface area contributed by atoms with Crippen molar-refractivity contribution in [3.63, 3.8) is 0 Å². The molecule has 0 saturated carbocycles. The summed E-state index contributed by atoms with van der Waals surface area (Å²) in [5.41, 5.74) is -2.29. The van der Waals surface area contributed by atoms with Crippen molar-refractivity contribution in [3.8, 4) is 0 Å². The molecule has 1 fully saturated rings. The van der Waals surface area contributed by atoms with E-state index in [0.29, 0.717) is 5.46 Å². The fourth-order valence-corrected chi connectivity index (χ4v) is 2.46. The third-order valence-electron chi connectivity index (χ3n) is 4.54. The van der Waals surface area contributed by atoms with Crippen LogP contribution in [0.1, 0.15) is 57.5 Å². The molecule has 25 heavy (non-hydrogen) atoms. The summed E-state index contributed by atoms with van der Waals surface area (Å²) in [6.45, 7) is 10.8. The molecule has 1 saturated heterocycles. The zero-order valence-corrected chi connectivity index (χ0v) is 15.2. The van der Waals surface area contributed by atoms with Gasteiger partial charge in [0.1, 0.15) is 0 Å². The van der Waals surface area contributed by atoms with Gasteiger partial charge in [0.05, 0.1) is 22.3 Å². The summed E-state index contributed by atoms with van der Waals surface area (Å²) < 4.78 is 51.5. The Kier molecular flexibility index (Phi) is 5.00. The molecule has 0 unspecified atom stereocenters. The molecule has 1 amide bonds. The molecule has 0 spiro atoms. The van der Waals surface area contributed by atoms with E-state index in [1.807, 2.05) is 27.7 Å². The van der Waals surface area contributed by atoms with Crippen molar-refractivity contribution < 1.29 is 27.3 Å². The second-order valence-corrected chi connectivity index (χ2v) is 7.52. The summed E-state index contributed by atoms with van der Waals surface area (Å²) in [5, 5.41) is 2.50. The number of benzene rings is 1. The van der Waals surface area contributed by atoms with E-state index in [0.717, 1.165) is 6.07 Å². The van der Waals surface area contributed by atoms with Crippen LogP contribution in [-0.4, -0.2) is 30.3 Å². The van der Waals surface area contributed by atoms with Gasteiger partial charge in [-0.1, -0.05) is 6.07 Å². The molecule has 0 aliphatic carbocycles. The zero-order valence-electron chi connectivity index (χ0n) is 15.2. The van der Waals surface area contributed by atoms with E-state index >= 15 is 0 Å².